The molecule has 0 aliphatic carbocycles. The smallest absolute Gasteiger partial charge is 0.160 e. The molecule has 1 unspecified atom stereocenters. The Balaban J connectivity index is 2.15. The zero-order valence-corrected chi connectivity index (χ0v) is 11.4. The highest BCUT2D eigenvalue weighted by atomic mass is 35.5. The van der Waals surface area contributed by atoms with Crippen molar-refractivity contribution in [1.82, 2.24) is 14.5 Å². The van der Waals surface area contributed by atoms with Crippen LogP contribution in [-0.2, 0) is 6.54 Å². The summed E-state index contributed by atoms with van der Waals surface area (Å²) in [5, 5.41) is 4.08. The normalized spacial score (nSPS) is 13.0. The SMILES string of the molecule is CC(Cl)c1nc2cccnc2n1Cc1ccsc1. The molecule has 3 aromatic heterocycles. The van der Waals surface area contributed by atoms with Gasteiger partial charge in [0.05, 0.1) is 11.9 Å². The fourth-order valence-electron chi connectivity index (χ4n) is 2.00. The van der Waals surface area contributed by atoms with Gasteiger partial charge in [0.2, 0.25) is 0 Å². The second-order valence-corrected chi connectivity index (χ2v) is 5.58. The minimum atomic E-state index is -0.127. The van der Waals surface area contributed by atoms with E-state index in [1.54, 1.807) is 17.5 Å². The third-order valence-corrected chi connectivity index (χ3v) is 3.74. The second kappa shape index (κ2) is 4.71. The molecule has 3 nitrogen and oxygen atoms in total. The molecule has 0 saturated heterocycles. The summed E-state index contributed by atoms with van der Waals surface area (Å²) in [5.74, 6) is 0.872. The van der Waals surface area contributed by atoms with Crippen molar-refractivity contribution in [3.8, 4) is 0 Å². The van der Waals surface area contributed by atoms with Gasteiger partial charge in [-0.1, -0.05) is 0 Å². The van der Waals surface area contributed by atoms with Crippen molar-refractivity contribution in [1.29, 1.82) is 0 Å². The number of thiophene rings is 1. The van der Waals surface area contributed by atoms with Crippen LogP contribution in [0.4, 0.5) is 0 Å². The van der Waals surface area contributed by atoms with Gasteiger partial charge in [0.1, 0.15) is 11.3 Å². The Bertz CT molecular complexity index is 658. The number of imidazole rings is 1. The Labute approximate surface area is 114 Å². The number of pyridine rings is 1. The van der Waals surface area contributed by atoms with Gasteiger partial charge in [-0.3, -0.25) is 0 Å². The molecule has 1 atom stereocenters. The number of rotatable bonds is 3. The number of hydrogen-bond acceptors (Lipinski definition) is 3. The van der Waals surface area contributed by atoms with Gasteiger partial charge in [0.25, 0.3) is 0 Å². The van der Waals surface area contributed by atoms with Crippen LogP contribution < -0.4 is 0 Å². The Hall–Kier alpha value is -1.39. The zero-order chi connectivity index (χ0) is 12.5. The van der Waals surface area contributed by atoms with Crippen LogP contribution in [-0.4, -0.2) is 14.5 Å². The van der Waals surface area contributed by atoms with E-state index in [0.717, 1.165) is 23.5 Å². The van der Waals surface area contributed by atoms with Gasteiger partial charge < -0.3 is 4.57 Å². The van der Waals surface area contributed by atoms with E-state index in [2.05, 4.69) is 31.4 Å². The number of alkyl halides is 1. The highest BCUT2D eigenvalue weighted by Crippen LogP contribution is 2.24. The van der Waals surface area contributed by atoms with Crippen molar-refractivity contribution in [2.75, 3.05) is 0 Å². The van der Waals surface area contributed by atoms with Gasteiger partial charge in [-0.15, -0.1) is 11.6 Å². The van der Waals surface area contributed by atoms with Crippen LogP contribution in [0.1, 0.15) is 23.7 Å². The predicted octanol–water partition coefficient (Wildman–Crippen LogP) is 3.84. The molecule has 0 bridgehead atoms. The lowest BCUT2D eigenvalue weighted by Crippen LogP contribution is -2.05. The standard InChI is InChI=1S/C13H12ClN3S/c1-9(14)12-16-11-3-2-5-15-13(11)17(12)7-10-4-6-18-8-10/h2-6,8-9H,7H2,1H3. The number of nitrogens with zero attached hydrogens (tertiary/aromatic N) is 3. The summed E-state index contributed by atoms with van der Waals surface area (Å²) in [4.78, 5) is 8.97. The van der Waals surface area contributed by atoms with Crippen molar-refractivity contribution < 1.29 is 0 Å². The lowest BCUT2D eigenvalue weighted by molar-refractivity contribution is 0.738. The molecule has 5 heteroatoms. The van der Waals surface area contributed by atoms with E-state index < -0.39 is 0 Å². The number of halogens is 1. The van der Waals surface area contributed by atoms with Crippen LogP contribution in [0.25, 0.3) is 11.2 Å². The summed E-state index contributed by atoms with van der Waals surface area (Å²) in [6.07, 6.45) is 1.79. The van der Waals surface area contributed by atoms with E-state index in [1.165, 1.54) is 5.56 Å². The first-order valence-electron chi connectivity index (χ1n) is 5.72. The summed E-state index contributed by atoms with van der Waals surface area (Å²) in [6.45, 7) is 2.70. The van der Waals surface area contributed by atoms with Crippen molar-refractivity contribution in [3.05, 3.63) is 46.5 Å². The first kappa shape index (κ1) is 11.7. The molecular weight excluding hydrogens is 266 g/mol. The lowest BCUT2D eigenvalue weighted by Gasteiger charge is -2.08. The third-order valence-electron chi connectivity index (χ3n) is 2.81. The van der Waals surface area contributed by atoms with Gasteiger partial charge in [0.15, 0.2) is 5.65 Å². The number of fused-ring (bicyclic) bond motifs is 1. The van der Waals surface area contributed by atoms with Gasteiger partial charge in [-0.2, -0.15) is 11.3 Å². The van der Waals surface area contributed by atoms with Gasteiger partial charge in [-0.25, -0.2) is 9.97 Å². The Morgan fingerprint density at radius 1 is 1.44 bits per heavy atom. The average molecular weight is 278 g/mol. The van der Waals surface area contributed by atoms with Crippen molar-refractivity contribution >= 4 is 34.1 Å². The van der Waals surface area contributed by atoms with Crippen LogP contribution in [0.2, 0.25) is 0 Å². The first-order valence-corrected chi connectivity index (χ1v) is 7.10. The van der Waals surface area contributed by atoms with Crippen molar-refractivity contribution in [2.45, 2.75) is 18.8 Å². The molecule has 3 heterocycles. The first-order chi connectivity index (χ1) is 8.75. The van der Waals surface area contributed by atoms with Crippen LogP contribution >= 0.6 is 22.9 Å². The van der Waals surface area contributed by atoms with E-state index >= 15 is 0 Å². The molecule has 0 spiro atoms. The van der Waals surface area contributed by atoms with E-state index in [-0.39, 0.29) is 5.38 Å². The zero-order valence-electron chi connectivity index (χ0n) is 9.88. The fraction of sp³-hybridized carbons (Fsp3) is 0.231. The Kier molecular flexibility index (Phi) is 3.06. The molecule has 0 fully saturated rings. The summed E-state index contributed by atoms with van der Waals surface area (Å²) in [5.41, 5.74) is 3.05. The van der Waals surface area contributed by atoms with Crippen molar-refractivity contribution in [2.24, 2.45) is 0 Å². The number of hydrogen-bond donors (Lipinski definition) is 0. The molecule has 0 saturated carbocycles. The second-order valence-electron chi connectivity index (χ2n) is 4.15. The van der Waals surface area contributed by atoms with Crippen LogP contribution in [0, 0.1) is 0 Å². The Morgan fingerprint density at radius 2 is 2.33 bits per heavy atom. The molecule has 0 radical (unpaired) electrons. The lowest BCUT2D eigenvalue weighted by atomic mass is 10.3. The molecule has 0 aliphatic rings. The highest BCUT2D eigenvalue weighted by molar-refractivity contribution is 7.07. The summed E-state index contributed by atoms with van der Waals surface area (Å²) in [7, 11) is 0. The third kappa shape index (κ3) is 2.02. The summed E-state index contributed by atoms with van der Waals surface area (Å²) < 4.78 is 2.09. The molecule has 0 aromatic carbocycles. The molecule has 0 N–H and O–H groups in total. The monoisotopic (exact) mass is 277 g/mol. The van der Waals surface area contributed by atoms with Crippen LogP contribution in [0.5, 0.6) is 0 Å². The molecule has 0 amide bonds. The minimum absolute atomic E-state index is 0.127. The van der Waals surface area contributed by atoms with E-state index in [1.807, 2.05) is 19.1 Å². The largest absolute Gasteiger partial charge is 0.307 e. The number of aromatic nitrogens is 3. The van der Waals surface area contributed by atoms with Crippen molar-refractivity contribution in [3.63, 3.8) is 0 Å². The summed E-state index contributed by atoms with van der Waals surface area (Å²) >= 11 is 7.91. The maximum Gasteiger partial charge on any atom is 0.160 e. The molecule has 0 aliphatic heterocycles. The van der Waals surface area contributed by atoms with Gasteiger partial charge in [0, 0.05) is 6.20 Å². The quantitative estimate of drug-likeness (QED) is 0.681. The molecule has 18 heavy (non-hydrogen) atoms. The predicted molar refractivity (Wildman–Crippen MR) is 75.2 cm³/mol. The fourth-order valence-corrected chi connectivity index (χ4v) is 2.83. The molecular formula is C13H12ClN3S. The molecule has 3 rings (SSSR count). The Morgan fingerprint density at radius 3 is 3.06 bits per heavy atom. The minimum Gasteiger partial charge on any atom is -0.307 e. The van der Waals surface area contributed by atoms with Crippen LogP contribution in [0.15, 0.2) is 35.2 Å². The van der Waals surface area contributed by atoms with E-state index in [0.29, 0.717) is 0 Å². The van der Waals surface area contributed by atoms with E-state index in [4.69, 9.17) is 11.6 Å². The van der Waals surface area contributed by atoms with Gasteiger partial charge >= 0.3 is 0 Å². The highest BCUT2D eigenvalue weighted by Gasteiger charge is 2.15. The van der Waals surface area contributed by atoms with E-state index in [9.17, 15) is 0 Å². The van der Waals surface area contributed by atoms with Gasteiger partial charge in [-0.05, 0) is 41.4 Å². The average Bonchev–Trinajstić information content (AvgIpc) is 2.98. The summed E-state index contributed by atoms with van der Waals surface area (Å²) in [6, 6.07) is 5.98. The molecule has 92 valence electrons. The topological polar surface area (TPSA) is 30.7 Å². The molecule has 3 aromatic rings. The maximum absolute atomic E-state index is 6.21. The maximum atomic E-state index is 6.21. The van der Waals surface area contributed by atoms with Crippen LogP contribution in [0.3, 0.4) is 0 Å².